The van der Waals surface area contributed by atoms with Crippen molar-refractivity contribution >= 4 is 11.6 Å². The lowest BCUT2D eigenvalue weighted by Crippen LogP contribution is -2.34. The van der Waals surface area contributed by atoms with Gasteiger partial charge in [0.15, 0.2) is 11.5 Å². The van der Waals surface area contributed by atoms with E-state index in [1.165, 1.54) is 0 Å². The number of fused-ring (bicyclic) bond motifs is 1. The zero-order valence-electron chi connectivity index (χ0n) is 12.2. The normalized spacial score (nSPS) is 15.8. The van der Waals surface area contributed by atoms with Crippen LogP contribution in [0, 0.1) is 5.92 Å². The maximum Gasteiger partial charge on any atom is 0.253 e. The van der Waals surface area contributed by atoms with E-state index in [0.29, 0.717) is 28.7 Å². The molecular weight excluding hydrogens is 256 g/mol. The zero-order valence-corrected chi connectivity index (χ0v) is 12.2. The van der Waals surface area contributed by atoms with E-state index < -0.39 is 0 Å². The maximum atomic E-state index is 12.3. The van der Waals surface area contributed by atoms with Crippen LogP contribution in [0.5, 0.6) is 11.5 Å². The van der Waals surface area contributed by atoms with Gasteiger partial charge in [0, 0.05) is 17.8 Å². The Hall–Kier alpha value is -1.91. The van der Waals surface area contributed by atoms with Gasteiger partial charge in [-0.25, -0.2) is 0 Å². The number of anilines is 1. The standard InChI is InChI=1S/C15H22N2O3/c1-4-9(2)5-10(3)17-15(18)11-6-13-14(7-12(11)16)20-8-19-13/h6-7,9-10H,4-5,8,16H2,1-3H3,(H,17,18). The van der Waals surface area contributed by atoms with Gasteiger partial charge in [0.05, 0.1) is 5.56 Å². The number of amides is 1. The minimum absolute atomic E-state index is 0.113. The van der Waals surface area contributed by atoms with Crippen LogP contribution < -0.4 is 20.5 Å². The highest BCUT2D eigenvalue weighted by Gasteiger charge is 2.20. The predicted octanol–water partition coefficient (Wildman–Crippen LogP) is 2.55. The Kier molecular flexibility index (Phi) is 4.37. The van der Waals surface area contributed by atoms with Gasteiger partial charge in [-0.05, 0) is 25.3 Å². The van der Waals surface area contributed by atoms with Crippen molar-refractivity contribution in [3.63, 3.8) is 0 Å². The van der Waals surface area contributed by atoms with Crippen molar-refractivity contribution in [3.05, 3.63) is 17.7 Å². The summed E-state index contributed by atoms with van der Waals surface area (Å²) < 4.78 is 10.5. The Morgan fingerprint density at radius 3 is 2.65 bits per heavy atom. The Morgan fingerprint density at radius 1 is 1.35 bits per heavy atom. The Bertz CT molecular complexity index is 502. The summed E-state index contributed by atoms with van der Waals surface area (Å²) in [6, 6.07) is 3.39. The molecule has 1 aliphatic rings. The molecule has 3 N–H and O–H groups in total. The van der Waals surface area contributed by atoms with E-state index in [1.54, 1.807) is 12.1 Å². The zero-order chi connectivity index (χ0) is 14.7. The second kappa shape index (κ2) is 6.03. The van der Waals surface area contributed by atoms with Crippen LogP contribution in [0.2, 0.25) is 0 Å². The van der Waals surface area contributed by atoms with Gasteiger partial charge in [0.1, 0.15) is 0 Å². The first-order chi connectivity index (χ1) is 9.51. The lowest BCUT2D eigenvalue weighted by atomic mass is 10.00. The molecule has 2 atom stereocenters. The number of carbonyl (C=O) groups excluding carboxylic acids is 1. The van der Waals surface area contributed by atoms with Gasteiger partial charge in [-0.2, -0.15) is 0 Å². The van der Waals surface area contributed by atoms with Crippen LogP contribution in [0.1, 0.15) is 44.0 Å². The van der Waals surface area contributed by atoms with E-state index in [1.807, 2.05) is 6.92 Å². The van der Waals surface area contributed by atoms with Crippen molar-refractivity contribution in [2.45, 2.75) is 39.7 Å². The minimum Gasteiger partial charge on any atom is -0.454 e. The molecule has 1 aliphatic heterocycles. The molecule has 0 radical (unpaired) electrons. The van der Waals surface area contributed by atoms with E-state index in [2.05, 4.69) is 19.2 Å². The Labute approximate surface area is 119 Å². The highest BCUT2D eigenvalue weighted by molar-refractivity contribution is 6.00. The number of benzene rings is 1. The molecule has 2 rings (SSSR count). The third-order valence-electron chi connectivity index (χ3n) is 3.62. The molecule has 0 aromatic heterocycles. The summed E-state index contributed by atoms with van der Waals surface area (Å²) in [4.78, 5) is 12.3. The number of hydrogen-bond donors (Lipinski definition) is 2. The summed E-state index contributed by atoms with van der Waals surface area (Å²) in [5.41, 5.74) is 6.74. The smallest absolute Gasteiger partial charge is 0.253 e. The number of carbonyl (C=O) groups is 1. The summed E-state index contributed by atoms with van der Waals surface area (Å²) in [6.45, 7) is 6.50. The average molecular weight is 278 g/mol. The van der Waals surface area contributed by atoms with Crippen LogP contribution in [0.3, 0.4) is 0 Å². The lowest BCUT2D eigenvalue weighted by Gasteiger charge is -2.18. The summed E-state index contributed by atoms with van der Waals surface area (Å²) in [6.07, 6.45) is 2.05. The molecule has 0 saturated carbocycles. The SMILES string of the molecule is CCC(C)CC(C)NC(=O)c1cc2c(cc1N)OCO2. The first kappa shape index (κ1) is 14.5. The van der Waals surface area contributed by atoms with Gasteiger partial charge in [-0.15, -0.1) is 0 Å². The molecule has 0 fully saturated rings. The molecule has 0 saturated heterocycles. The second-order valence-corrected chi connectivity index (χ2v) is 5.42. The van der Waals surface area contributed by atoms with Crippen LogP contribution in [0.15, 0.2) is 12.1 Å². The van der Waals surface area contributed by atoms with Crippen molar-refractivity contribution in [2.75, 3.05) is 12.5 Å². The predicted molar refractivity (Wildman–Crippen MR) is 78.0 cm³/mol. The van der Waals surface area contributed by atoms with E-state index in [9.17, 15) is 4.79 Å². The topological polar surface area (TPSA) is 73.6 Å². The highest BCUT2D eigenvalue weighted by Crippen LogP contribution is 2.35. The van der Waals surface area contributed by atoms with Gasteiger partial charge in [-0.1, -0.05) is 20.3 Å². The Morgan fingerprint density at radius 2 is 2.00 bits per heavy atom. The molecular formula is C15H22N2O3. The highest BCUT2D eigenvalue weighted by atomic mass is 16.7. The van der Waals surface area contributed by atoms with Crippen molar-refractivity contribution in [2.24, 2.45) is 5.92 Å². The van der Waals surface area contributed by atoms with Gasteiger partial charge in [0.2, 0.25) is 6.79 Å². The van der Waals surface area contributed by atoms with E-state index in [0.717, 1.165) is 12.8 Å². The van der Waals surface area contributed by atoms with Crippen LogP contribution in [-0.2, 0) is 0 Å². The summed E-state index contributed by atoms with van der Waals surface area (Å²) >= 11 is 0. The number of nitrogen functional groups attached to an aromatic ring is 1. The number of ether oxygens (including phenoxy) is 2. The third-order valence-corrected chi connectivity index (χ3v) is 3.62. The van der Waals surface area contributed by atoms with E-state index >= 15 is 0 Å². The first-order valence-electron chi connectivity index (χ1n) is 7.01. The Balaban J connectivity index is 2.06. The van der Waals surface area contributed by atoms with E-state index in [-0.39, 0.29) is 18.7 Å². The first-order valence-corrected chi connectivity index (χ1v) is 7.01. The van der Waals surface area contributed by atoms with Crippen LogP contribution in [0.25, 0.3) is 0 Å². The van der Waals surface area contributed by atoms with Crippen molar-refractivity contribution in [3.8, 4) is 11.5 Å². The summed E-state index contributed by atoms with van der Waals surface area (Å²) in [7, 11) is 0. The van der Waals surface area contributed by atoms with Crippen LogP contribution in [0.4, 0.5) is 5.69 Å². The van der Waals surface area contributed by atoms with Crippen LogP contribution >= 0.6 is 0 Å². The van der Waals surface area contributed by atoms with Crippen molar-refractivity contribution in [1.29, 1.82) is 0 Å². The van der Waals surface area contributed by atoms with Crippen LogP contribution in [-0.4, -0.2) is 18.7 Å². The monoisotopic (exact) mass is 278 g/mol. The summed E-state index contributed by atoms with van der Waals surface area (Å²) in [5, 5.41) is 2.98. The molecule has 0 spiro atoms. The number of nitrogens with one attached hydrogen (secondary N) is 1. The van der Waals surface area contributed by atoms with E-state index in [4.69, 9.17) is 15.2 Å². The maximum absolute atomic E-state index is 12.3. The molecule has 1 aromatic rings. The number of rotatable bonds is 5. The fraction of sp³-hybridized carbons (Fsp3) is 0.533. The number of hydrogen-bond acceptors (Lipinski definition) is 4. The molecule has 5 heteroatoms. The molecule has 0 aliphatic carbocycles. The molecule has 1 heterocycles. The van der Waals surface area contributed by atoms with Gasteiger partial charge >= 0.3 is 0 Å². The molecule has 5 nitrogen and oxygen atoms in total. The average Bonchev–Trinajstić information content (AvgIpc) is 2.84. The van der Waals surface area contributed by atoms with Gasteiger partial charge in [-0.3, -0.25) is 4.79 Å². The minimum atomic E-state index is -0.170. The fourth-order valence-corrected chi connectivity index (χ4v) is 2.29. The molecule has 2 unspecified atom stereocenters. The largest absolute Gasteiger partial charge is 0.454 e. The molecule has 1 aromatic carbocycles. The second-order valence-electron chi connectivity index (χ2n) is 5.42. The fourth-order valence-electron chi connectivity index (χ4n) is 2.29. The molecule has 0 bridgehead atoms. The van der Waals surface area contributed by atoms with Crippen molar-refractivity contribution < 1.29 is 14.3 Å². The van der Waals surface area contributed by atoms with Gasteiger partial charge < -0.3 is 20.5 Å². The van der Waals surface area contributed by atoms with Crippen molar-refractivity contribution in [1.82, 2.24) is 5.32 Å². The molecule has 1 amide bonds. The third kappa shape index (κ3) is 3.15. The quantitative estimate of drug-likeness (QED) is 0.812. The lowest BCUT2D eigenvalue weighted by molar-refractivity contribution is 0.0936. The molecule has 20 heavy (non-hydrogen) atoms. The molecule has 110 valence electrons. The summed E-state index contributed by atoms with van der Waals surface area (Å²) in [5.74, 6) is 1.57. The van der Waals surface area contributed by atoms with Gasteiger partial charge in [0.25, 0.3) is 5.91 Å². The number of nitrogens with two attached hydrogens (primary N) is 1.